The molecule has 12 heteroatoms. The number of ether oxygens (including phenoxy) is 7. The van der Waals surface area contributed by atoms with Crippen LogP contribution < -0.4 is 14.2 Å². The Hall–Kier alpha value is -6.53. The van der Waals surface area contributed by atoms with Crippen LogP contribution >= 0.6 is 0 Å². The van der Waals surface area contributed by atoms with Gasteiger partial charge in [0.05, 0.1) is 43.1 Å². The van der Waals surface area contributed by atoms with Crippen LogP contribution in [0.5, 0.6) is 17.2 Å². The largest absolute Gasteiger partial charge is 0.494 e. The van der Waals surface area contributed by atoms with E-state index in [0.717, 1.165) is 29.7 Å². The molecule has 0 amide bonds. The Labute approximate surface area is 319 Å². The lowest BCUT2D eigenvalue weighted by atomic mass is 10.0. The van der Waals surface area contributed by atoms with Crippen LogP contribution in [0, 0.1) is 5.92 Å². The molecular weight excluding hydrogens is 708 g/mol. The molecule has 4 rings (SSSR count). The highest BCUT2D eigenvalue weighted by atomic mass is 16.6. The van der Waals surface area contributed by atoms with Crippen molar-refractivity contribution in [2.24, 2.45) is 5.92 Å². The first kappa shape index (κ1) is 41.2. The molecule has 0 aliphatic rings. The SMILES string of the molecule is C=CC(=O)OCCOCCOC(=O)c1ccc(-c2ccc(OC(=O)c3ccc(OC(=O)c4ccc(OCCC(C)CCOC(=O)C=C)cc4)cc3)cc2)cc1. The van der Waals surface area contributed by atoms with Gasteiger partial charge in [0.15, 0.2) is 0 Å². The molecule has 1 atom stereocenters. The summed E-state index contributed by atoms with van der Waals surface area (Å²) in [5.74, 6) is -1.13. The Kier molecular flexibility index (Phi) is 16.4. The van der Waals surface area contributed by atoms with Gasteiger partial charge in [0.2, 0.25) is 0 Å². The first-order valence-electron chi connectivity index (χ1n) is 17.5. The predicted molar refractivity (Wildman–Crippen MR) is 202 cm³/mol. The number of benzene rings is 4. The molecule has 0 bridgehead atoms. The molecule has 0 saturated heterocycles. The summed E-state index contributed by atoms with van der Waals surface area (Å²) >= 11 is 0. The lowest BCUT2D eigenvalue weighted by Gasteiger charge is -2.12. The highest BCUT2D eigenvalue weighted by molar-refractivity contribution is 5.93. The number of rotatable bonds is 21. The summed E-state index contributed by atoms with van der Waals surface area (Å²) in [4.78, 5) is 59.9. The summed E-state index contributed by atoms with van der Waals surface area (Å²) in [5, 5.41) is 0. The van der Waals surface area contributed by atoms with E-state index in [0.29, 0.717) is 48.2 Å². The second-order valence-electron chi connectivity index (χ2n) is 12.0. The lowest BCUT2D eigenvalue weighted by molar-refractivity contribution is -0.139. The van der Waals surface area contributed by atoms with Gasteiger partial charge in [-0.25, -0.2) is 24.0 Å². The van der Waals surface area contributed by atoms with E-state index in [-0.39, 0.29) is 37.7 Å². The van der Waals surface area contributed by atoms with Gasteiger partial charge >= 0.3 is 29.8 Å². The Morgan fingerprint density at radius 2 is 0.891 bits per heavy atom. The minimum absolute atomic E-state index is 0.0447. The monoisotopic (exact) mass is 750 g/mol. The molecule has 12 nitrogen and oxygen atoms in total. The summed E-state index contributed by atoms with van der Waals surface area (Å²) in [5.41, 5.74) is 2.64. The molecule has 0 aliphatic heterocycles. The third-order valence-electron chi connectivity index (χ3n) is 7.91. The van der Waals surface area contributed by atoms with Gasteiger partial charge in [-0.15, -0.1) is 0 Å². The van der Waals surface area contributed by atoms with Crippen LogP contribution in [-0.2, 0) is 28.5 Å². The van der Waals surface area contributed by atoms with Gasteiger partial charge in [-0.3, -0.25) is 0 Å². The van der Waals surface area contributed by atoms with Gasteiger partial charge in [0, 0.05) is 12.2 Å². The first-order valence-corrected chi connectivity index (χ1v) is 17.5. The second kappa shape index (κ2) is 21.9. The van der Waals surface area contributed by atoms with Crippen molar-refractivity contribution < 1.29 is 57.1 Å². The van der Waals surface area contributed by atoms with Crippen molar-refractivity contribution in [2.75, 3.05) is 39.6 Å². The average Bonchev–Trinajstić information content (AvgIpc) is 3.21. The van der Waals surface area contributed by atoms with Gasteiger partial charge in [-0.05, 0) is 103 Å². The quantitative estimate of drug-likeness (QED) is 0.0278. The van der Waals surface area contributed by atoms with Crippen LogP contribution in [0.25, 0.3) is 11.1 Å². The van der Waals surface area contributed by atoms with Gasteiger partial charge in [0.1, 0.15) is 30.5 Å². The van der Waals surface area contributed by atoms with E-state index in [2.05, 4.69) is 13.2 Å². The average molecular weight is 751 g/mol. The molecular formula is C43H42O12. The third-order valence-corrected chi connectivity index (χ3v) is 7.91. The maximum Gasteiger partial charge on any atom is 0.343 e. The number of hydrogen-bond donors (Lipinski definition) is 0. The number of esters is 5. The second-order valence-corrected chi connectivity index (χ2v) is 12.0. The summed E-state index contributed by atoms with van der Waals surface area (Å²) in [6, 6.07) is 26.4. The molecule has 0 aromatic heterocycles. The fraction of sp³-hybridized carbons (Fsp3) is 0.233. The Morgan fingerprint density at radius 3 is 1.42 bits per heavy atom. The van der Waals surface area contributed by atoms with Crippen molar-refractivity contribution in [2.45, 2.75) is 19.8 Å². The smallest absolute Gasteiger partial charge is 0.343 e. The van der Waals surface area contributed by atoms with Crippen molar-refractivity contribution >= 4 is 29.8 Å². The van der Waals surface area contributed by atoms with Gasteiger partial charge in [-0.2, -0.15) is 0 Å². The molecule has 0 heterocycles. The normalized spacial score (nSPS) is 11.0. The minimum Gasteiger partial charge on any atom is -0.494 e. The Balaban J connectivity index is 1.17. The number of carbonyl (C=O) groups is 5. The van der Waals surface area contributed by atoms with Crippen molar-refractivity contribution in [1.82, 2.24) is 0 Å². The molecule has 0 N–H and O–H groups in total. The molecule has 4 aromatic carbocycles. The highest BCUT2D eigenvalue weighted by Crippen LogP contribution is 2.24. The predicted octanol–water partition coefficient (Wildman–Crippen LogP) is 7.22. The van der Waals surface area contributed by atoms with Crippen LogP contribution in [0.4, 0.5) is 0 Å². The van der Waals surface area contributed by atoms with E-state index in [1.807, 2.05) is 6.92 Å². The van der Waals surface area contributed by atoms with E-state index >= 15 is 0 Å². The molecule has 55 heavy (non-hydrogen) atoms. The van der Waals surface area contributed by atoms with Crippen LogP contribution in [-0.4, -0.2) is 69.5 Å². The summed E-state index contributed by atoms with van der Waals surface area (Å²) in [6.07, 6.45) is 3.68. The zero-order valence-corrected chi connectivity index (χ0v) is 30.4. The molecule has 0 saturated carbocycles. The molecule has 4 aromatic rings. The maximum atomic E-state index is 12.8. The van der Waals surface area contributed by atoms with E-state index in [9.17, 15) is 24.0 Å². The molecule has 286 valence electrons. The fourth-order valence-electron chi connectivity index (χ4n) is 4.77. The first-order chi connectivity index (χ1) is 26.6. The third kappa shape index (κ3) is 14.1. The molecule has 0 radical (unpaired) electrons. The van der Waals surface area contributed by atoms with Gasteiger partial charge in [0.25, 0.3) is 0 Å². The summed E-state index contributed by atoms with van der Waals surface area (Å²) in [7, 11) is 0. The van der Waals surface area contributed by atoms with E-state index < -0.39 is 29.8 Å². The lowest BCUT2D eigenvalue weighted by Crippen LogP contribution is -2.14. The minimum atomic E-state index is -0.587. The Bertz CT molecular complexity index is 1900. The van der Waals surface area contributed by atoms with Crippen molar-refractivity contribution in [3.8, 4) is 28.4 Å². The van der Waals surface area contributed by atoms with Crippen LogP contribution in [0.3, 0.4) is 0 Å². The molecule has 0 spiro atoms. The van der Waals surface area contributed by atoms with Crippen molar-refractivity contribution in [1.29, 1.82) is 0 Å². The number of hydrogen-bond acceptors (Lipinski definition) is 12. The van der Waals surface area contributed by atoms with Crippen LogP contribution in [0.1, 0.15) is 50.8 Å². The Morgan fingerprint density at radius 1 is 0.491 bits per heavy atom. The molecule has 1 unspecified atom stereocenters. The van der Waals surface area contributed by atoms with Gasteiger partial charge < -0.3 is 33.2 Å². The van der Waals surface area contributed by atoms with Crippen molar-refractivity contribution in [3.63, 3.8) is 0 Å². The zero-order chi connectivity index (χ0) is 39.4. The van der Waals surface area contributed by atoms with E-state index in [1.54, 1.807) is 72.8 Å². The van der Waals surface area contributed by atoms with Crippen LogP contribution in [0.2, 0.25) is 0 Å². The standard InChI is InChI=1S/C43H42O12/c1-4-39(44)51-25-23-30(3)22-24-50-36-16-12-34(13-17-36)42(47)55-38-20-14-35(15-21-38)43(48)54-37-18-10-32(11-19-37)31-6-8-33(9-7-31)41(46)53-29-27-49-26-28-52-40(45)5-2/h4-21,30H,1-2,22-29H2,3H3. The number of carbonyl (C=O) groups excluding carboxylic acids is 5. The summed E-state index contributed by atoms with van der Waals surface area (Å²) in [6.45, 7) is 9.97. The summed E-state index contributed by atoms with van der Waals surface area (Å²) < 4.78 is 37.0. The fourth-order valence-corrected chi connectivity index (χ4v) is 4.77. The highest BCUT2D eigenvalue weighted by Gasteiger charge is 2.13. The van der Waals surface area contributed by atoms with Crippen molar-refractivity contribution in [3.05, 3.63) is 139 Å². The van der Waals surface area contributed by atoms with E-state index in [4.69, 9.17) is 33.2 Å². The molecule has 0 fully saturated rings. The van der Waals surface area contributed by atoms with Gasteiger partial charge in [-0.1, -0.05) is 44.3 Å². The zero-order valence-electron chi connectivity index (χ0n) is 30.4. The maximum absolute atomic E-state index is 12.8. The van der Waals surface area contributed by atoms with Crippen LogP contribution in [0.15, 0.2) is 122 Å². The van der Waals surface area contributed by atoms with E-state index in [1.165, 1.54) is 24.3 Å². The molecule has 0 aliphatic carbocycles. The topological polar surface area (TPSA) is 150 Å².